The lowest BCUT2D eigenvalue weighted by Crippen LogP contribution is -2.57. The molecule has 0 saturated carbocycles. The lowest BCUT2D eigenvalue weighted by Gasteiger charge is -2.44. The number of hydrogen-bond acceptors (Lipinski definition) is 4. The van der Waals surface area contributed by atoms with E-state index in [2.05, 4.69) is 4.98 Å². The number of aromatic nitrogens is 1. The molecule has 0 radical (unpaired) electrons. The van der Waals surface area contributed by atoms with E-state index >= 15 is 0 Å². The third-order valence-electron chi connectivity index (χ3n) is 5.03. The molecule has 124 valence electrons. The highest BCUT2D eigenvalue weighted by atomic mass is 35.5. The Hall–Kier alpha value is -1.56. The number of ether oxygens (including phenoxy) is 1. The monoisotopic (exact) mass is 339 g/mol. The van der Waals surface area contributed by atoms with E-state index in [0.717, 1.165) is 12.8 Å². The van der Waals surface area contributed by atoms with Crippen molar-refractivity contribution in [3.63, 3.8) is 0 Å². The lowest BCUT2D eigenvalue weighted by atomic mass is 9.92. The average Bonchev–Trinajstić information content (AvgIpc) is 2.86. The van der Waals surface area contributed by atoms with Crippen molar-refractivity contribution in [2.24, 2.45) is 0 Å². The Kier molecular flexibility index (Phi) is 3.79. The maximum atomic E-state index is 14.8. The Morgan fingerprint density at radius 1 is 1.39 bits per heavy atom. The van der Waals surface area contributed by atoms with Gasteiger partial charge in [-0.2, -0.15) is 0 Å². The first-order chi connectivity index (χ1) is 11.1. The van der Waals surface area contributed by atoms with Gasteiger partial charge < -0.3 is 14.5 Å². The van der Waals surface area contributed by atoms with Crippen LogP contribution in [-0.4, -0.2) is 53.7 Å². The number of halogens is 2. The molecule has 2 saturated heterocycles. The molecule has 7 heteroatoms. The average molecular weight is 340 g/mol. The van der Waals surface area contributed by atoms with Gasteiger partial charge in [0.15, 0.2) is 11.6 Å². The van der Waals surface area contributed by atoms with Gasteiger partial charge in [0.1, 0.15) is 6.17 Å². The highest BCUT2D eigenvalue weighted by Gasteiger charge is 2.43. The number of fused-ring (bicyclic) bond motifs is 3. The van der Waals surface area contributed by atoms with Crippen LogP contribution >= 0.6 is 11.6 Å². The number of carbonyl (C=O) groups is 1. The van der Waals surface area contributed by atoms with Gasteiger partial charge in [0.2, 0.25) is 5.91 Å². The molecule has 3 atom stereocenters. The minimum atomic E-state index is -1.07. The molecule has 0 spiro atoms. The maximum absolute atomic E-state index is 14.8. The fourth-order valence-corrected chi connectivity index (χ4v) is 4.08. The summed E-state index contributed by atoms with van der Waals surface area (Å²) in [6.45, 7) is 1.47. The molecule has 3 unspecified atom stereocenters. The summed E-state index contributed by atoms with van der Waals surface area (Å²) in [5, 5.41) is 0.511. The standard InChI is InChI=1S/C16H19ClFN3O2/c17-10-6-14-16(19-8-10)21-9-12(18)13(7-11(21)3-5-23-14)20-4-1-2-15(20)22/h6,8,11-13H,1-5,7,9H2. The van der Waals surface area contributed by atoms with E-state index < -0.39 is 6.17 Å². The first kappa shape index (κ1) is 15.0. The number of amides is 1. The van der Waals surface area contributed by atoms with E-state index in [-0.39, 0.29) is 24.5 Å². The topological polar surface area (TPSA) is 45.7 Å². The molecule has 3 aliphatic rings. The van der Waals surface area contributed by atoms with E-state index in [9.17, 15) is 9.18 Å². The molecule has 4 heterocycles. The Balaban J connectivity index is 1.61. The normalized spacial score (nSPS) is 30.5. The zero-order chi connectivity index (χ0) is 16.0. The predicted octanol–water partition coefficient (Wildman–Crippen LogP) is 2.43. The summed E-state index contributed by atoms with van der Waals surface area (Å²) >= 11 is 5.98. The largest absolute Gasteiger partial charge is 0.490 e. The van der Waals surface area contributed by atoms with Crippen molar-refractivity contribution in [3.8, 4) is 5.75 Å². The van der Waals surface area contributed by atoms with E-state index in [1.165, 1.54) is 0 Å². The molecule has 23 heavy (non-hydrogen) atoms. The number of carbonyl (C=O) groups excluding carboxylic acids is 1. The fourth-order valence-electron chi connectivity index (χ4n) is 3.93. The number of nitrogens with zero attached hydrogens (tertiary/aromatic N) is 3. The molecule has 0 aromatic carbocycles. The number of piperidine rings is 1. The first-order valence-electron chi connectivity index (χ1n) is 8.12. The van der Waals surface area contributed by atoms with Crippen molar-refractivity contribution in [3.05, 3.63) is 17.3 Å². The zero-order valence-electron chi connectivity index (χ0n) is 12.8. The molecule has 5 nitrogen and oxygen atoms in total. The van der Waals surface area contributed by atoms with Gasteiger partial charge in [-0.1, -0.05) is 11.6 Å². The van der Waals surface area contributed by atoms with Crippen LogP contribution in [0.15, 0.2) is 12.3 Å². The number of hydrogen-bond donors (Lipinski definition) is 0. The molecule has 1 aromatic rings. The summed E-state index contributed by atoms with van der Waals surface area (Å²) in [6.07, 6.45) is 3.29. The molecular formula is C16H19ClFN3O2. The van der Waals surface area contributed by atoms with Crippen molar-refractivity contribution in [2.45, 2.75) is 43.9 Å². The third-order valence-corrected chi connectivity index (χ3v) is 5.24. The number of rotatable bonds is 1. The quantitative estimate of drug-likeness (QED) is 0.788. The summed E-state index contributed by atoms with van der Waals surface area (Å²) in [4.78, 5) is 20.1. The second-order valence-corrected chi connectivity index (χ2v) is 6.86. The first-order valence-corrected chi connectivity index (χ1v) is 8.50. The van der Waals surface area contributed by atoms with Crippen molar-refractivity contribution in [1.29, 1.82) is 0 Å². The van der Waals surface area contributed by atoms with Crippen LogP contribution in [0.2, 0.25) is 5.02 Å². The summed E-state index contributed by atoms with van der Waals surface area (Å²) in [6, 6.07) is 1.55. The van der Waals surface area contributed by atoms with Crippen molar-refractivity contribution in [1.82, 2.24) is 9.88 Å². The van der Waals surface area contributed by atoms with Crippen LogP contribution in [0.1, 0.15) is 25.7 Å². The van der Waals surface area contributed by atoms with Crippen LogP contribution < -0.4 is 9.64 Å². The highest BCUT2D eigenvalue weighted by Crippen LogP contribution is 2.38. The number of likely N-dealkylation sites (tertiary alicyclic amines) is 1. The molecule has 1 aromatic heterocycles. The minimum absolute atomic E-state index is 0.0845. The minimum Gasteiger partial charge on any atom is -0.490 e. The predicted molar refractivity (Wildman–Crippen MR) is 84.7 cm³/mol. The Morgan fingerprint density at radius 2 is 2.26 bits per heavy atom. The molecular weight excluding hydrogens is 321 g/mol. The molecule has 0 bridgehead atoms. The van der Waals surface area contributed by atoms with Crippen LogP contribution in [0.4, 0.5) is 10.2 Å². The second-order valence-electron chi connectivity index (χ2n) is 6.43. The summed E-state index contributed by atoms with van der Waals surface area (Å²) in [5.74, 6) is 1.36. The van der Waals surface area contributed by atoms with Crippen molar-refractivity contribution >= 4 is 23.3 Å². The van der Waals surface area contributed by atoms with E-state index in [1.807, 2.05) is 4.90 Å². The van der Waals surface area contributed by atoms with Gasteiger partial charge in [0.05, 0.1) is 24.2 Å². The van der Waals surface area contributed by atoms with Crippen LogP contribution in [0.5, 0.6) is 5.75 Å². The van der Waals surface area contributed by atoms with Crippen LogP contribution in [0.3, 0.4) is 0 Å². The Morgan fingerprint density at radius 3 is 3.04 bits per heavy atom. The van der Waals surface area contributed by atoms with Gasteiger partial charge in [0, 0.05) is 37.7 Å². The van der Waals surface area contributed by atoms with Gasteiger partial charge >= 0.3 is 0 Å². The summed E-state index contributed by atoms with van der Waals surface area (Å²) < 4.78 is 20.6. The van der Waals surface area contributed by atoms with Gasteiger partial charge in [-0.05, 0) is 12.8 Å². The molecule has 0 aliphatic carbocycles. The maximum Gasteiger partial charge on any atom is 0.222 e. The van der Waals surface area contributed by atoms with Gasteiger partial charge in [-0.15, -0.1) is 0 Å². The van der Waals surface area contributed by atoms with Crippen LogP contribution in [0.25, 0.3) is 0 Å². The Labute approximate surface area is 139 Å². The SMILES string of the molecule is O=C1CCCN1C1CC2CCOc3cc(Cl)cnc3N2CC1F. The van der Waals surface area contributed by atoms with E-state index in [1.54, 1.807) is 17.2 Å². The van der Waals surface area contributed by atoms with Gasteiger partial charge in [-0.25, -0.2) is 9.37 Å². The summed E-state index contributed by atoms with van der Waals surface area (Å²) in [7, 11) is 0. The smallest absolute Gasteiger partial charge is 0.222 e. The second kappa shape index (κ2) is 5.82. The zero-order valence-corrected chi connectivity index (χ0v) is 13.5. The summed E-state index contributed by atoms with van der Waals surface area (Å²) in [5.41, 5.74) is 0. The highest BCUT2D eigenvalue weighted by molar-refractivity contribution is 6.30. The van der Waals surface area contributed by atoms with Crippen LogP contribution in [0, 0.1) is 0 Å². The molecule has 1 amide bonds. The van der Waals surface area contributed by atoms with Crippen LogP contribution in [-0.2, 0) is 4.79 Å². The molecule has 3 aliphatic heterocycles. The fraction of sp³-hybridized carbons (Fsp3) is 0.625. The number of anilines is 1. The number of pyridine rings is 1. The lowest BCUT2D eigenvalue weighted by molar-refractivity contribution is -0.131. The van der Waals surface area contributed by atoms with Crippen molar-refractivity contribution in [2.75, 3.05) is 24.6 Å². The van der Waals surface area contributed by atoms with Crippen molar-refractivity contribution < 1.29 is 13.9 Å². The van der Waals surface area contributed by atoms with Gasteiger partial charge in [-0.3, -0.25) is 4.79 Å². The van der Waals surface area contributed by atoms with E-state index in [0.29, 0.717) is 42.6 Å². The molecule has 2 fully saturated rings. The Bertz CT molecular complexity index is 629. The molecule has 0 N–H and O–H groups in total. The third kappa shape index (κ3) is 2.63. The molecule has 4 rings (SSSR count). The van der Waals surface area contributed by atoms with E-state index in [4.69, 9.17) is 16.3 Å². The van der Waals surface area contributed by atoms with Gasteiger partial charge in [0.25, 0.3) is 0 Å². The number of alkyl halides is 1.